The molecule has 7 heteroatoms. The van der Waals surface area contributed by atoms with Crippen LogP contribution in [0.25, 0.3) is 5.69 Å². The van der Waals surface area contributed by atoms with Crippen molar-refractivity contribution >= 4 is 33.5 Å². The van der Waals surface area contributed by atoms with E-state index in [1.807, 2.05) is 17.7 Å². The van der Waals surface area contributed by atoms with Crippen LogP contribution < -0.4 is 5.32 Å². The summed E-state index contributed by atoms with van der Waals surface area (Å²) in [6, 6.07) is 2.66. The molecule has 0 fully saturated rings. The van der Waals surface area contributed by atoms with Gasteiger partial charge in [0, 0.05) is 30.9 Å². The van der Waals surface area contributed by atoms with Crippen molar-refractivity contribution in [3.63, 3.8) is 0 Å². The van der Waals surface area contributed by atoms with E-state index in [-0.39, 0.29) is 5.82 Å². The standard InChI is InChI=1S/C14H16BrClFN3O/c1-9-8-20(14(19-9)18-4-3-5-21-2)13-11(15)6-10(17)7-12(13)16/h6-8H,3-5H2,1-2H3,(H,18,19). The van der Waals surface area contributed by atoms with Crippen molar-refractivity contribution in [1.29, 1.82) is 0 Å². The lowest BCUT2D eigenvalue weighted by molar-refractivity contribution is 0.197. The van der Waals surface area contributed by atoms with Gasteiger partial charge in [-0.15, -0.1) is 0 Å². The van der Waals surface area contributed by atoms with Crippen molar-refractivity contribution < 1.29 is 9.13 Å². The van der Waals surface area contributed by atoms with E-state index >= 15 is 0 Å². The first-order valence-corrected chi connectivity index (χ1v) is 7.63. The first-order chi connectivity index (χ1) is 10.0. The summed E-state index contributed by atoms with van der Waals surface area (Å²) in [7, 11) is 1.67. The number of ether oxygens (including phenoxy) is 1. The largest absolute Gasteiger partial charge is 0.385 e. The second-order valence-electron chi connectivity index (χ2n) is 4.57. The molecule has 2 aromatic rings. The topological polar surface area (TPSA) is 39.1 Å². The molecule has 1 heterocycles. The molecule has 0 amide bonds. The van der Waals surface area contributed by atoms with Gasteiger partial charge in [-0.25, -0.2) is 9.37 Å². The molecule has 0 aliphatic carbocycles. The Kier molecular flexibility index (Phi) is 5.61. The molecule has 1 aromatic heterocycles. The van der Waals surface area contributed by atoms with Gasteiger partial charge in [-0.1, -0.05) is 11.6 Å². The number of aryl methyl sites for hydroxylation is 1. The smallest absolute Gasteiger partial charge is 0.207 e. The molecule has 1 aromatic carbocycles. The van der Waals surface area contributed by atoms with Crippen LogP contribution in [0.5, 0.6) is 0 Å². The van der Waals surface area contributed by atoms with Gasteiger partial charge in [0.05, 0.1) is 16.4 Å². The third kappa shape index (κ3) is 3.96. The molecule has 0 aliphatic heterocycles. The Labute approximate surface area is 136 Å². The van der Waals surface area contributed by atoms with Crippen LogP contribution in [0, 0.1) is 12.7 Å². The minimum atomic E-state index is -0.387. The summed E-state index contributed by atoms with van der Waals surface area (Å²) in [5.74, 6) is 0.278. The van der Waals surface area contributed by atoms with Crippen molar-refractivity contribution in [2.24, 2.45) is 0 Å². The van der Waals surface area contributed by atoms with Crippen molar-refractivity contribution in [3.05, 3.63) is 39.3 Å². The molecule has 114 valence electrons. The molecule has 1 N–H and O–H groups in total. The Bertz CT molecular complexity index is 610. The van der Waals surface area contributed by atoms with E-state index < -0.39 is 0 Å². The Hall–Kier alpha value is -1.11. The summed E-state index contributed by atoms with van der Waals surface area (Å²) < 4.78 is 20.7. The minimum Gasteiger partial charge on any atom is -0.385 e. The molecular weight excluding hydrogens is 361 g/mol. The second-order valence-corrected chi connectivity index (χ2v) is 5.83. The predicted octanol–water partition coefficient (Wildman–Crippen LogP) is 4.18. The molecule has 0 atom stereocenters. The van der Waals surface area contributed by atoms with E-state index in [2.05, 4.69) is 26.2 Å². The summed E-state index contributed by atoms with van der Waals surface area (Å²) in [6.45, 7) is 3.29. The zero-order valence-electron chi connectivity index (χ0n) is 11.8. The number of halogens is 3. The van der Waals surface area contributed by atoms with E-state index in [4.69, 9.17) is 16.3 Å². The van der Waals surface area contributed by atoms with Crippen LogP contribution in [-0.4, -0.2) is 29.8 Å². The van der Waals surface area contributed by atoms with Crippen molar-refractivity contribution in [3.8, 4) is 5.69 Å². The molecule has 2 rings (SSSR count). The van der Waals surface area contributed by atoms with Crippen LogP contribution in [0.2, 0.25) is 5.02 Å². The van der Waals surface area contributed by atoms with Crippen molar-refractivity contribution in [2.75, 3.05) is 25.6 Å². The molecular formula is C14H16BrClFN3O. The van der Waals surface area contributed by atoms with Gasteiger partial charge in [-0.2, -0.15) is 0 Å². The zero-order chi connectivity index (χ0) is 15.4. The quantitative estimate of drug-likeness (QED) is 0.769. The monoisotopic (exact) mass is 375 g/mol. The van der Waals surface area contributed by atoms with Crippen LogP contribution in [-0.2, 0) is 4.74 Å². The molecule has 0 bridgehead atoms. The van der Waals surface area contributed by atoms with E-state index in [0.717, 1.165) is 18.7 Å². The summed E-state index contributed by atoms with van der Waals surface area (Å²) in [6.07, 6.45) is 2.71. The third-order valence-corrected chi connectivity index (χ3v) is 3.75. The van der Waals surface area contributed by atoms with E-state index in [9.17, 15) is 4.39 Å². The van der Waals surface area contributed by atoms with Gasteiger partial charge in [0.1, 0.15) is 5.82 Å². The SMILES string of the molecule is COCCCNc1nc(C)cn1-c1c(Cl)cc(F)cc1Br. The van der Waals surface area contributed by atoms with Crippen LogP contribution in [0.15, 0.2) is 22.8 Å². The third-order valence-electron chi connectivity index (χ3n) is 2.86. The molecule has 0 spiro atoms. The number of nitrogens with zero attached hydrogens (tertiary/aromatic N) is 2. The Balaban J connectivity index is 2.32. The maximum absolute atomic E-state index is 13.3. The fourth-order valence-electron chi connectivity index (χ4n) is 1.97. The average Bonchev–Trinajstić information content (AvgIpc) is 2.74. The Morgan fingerprint density at radius 3 is 2.90 bits per heavy atom. The van der Waals surface area contributed by atoms with Gasteiger partial charge in [-0.3, -0.25) is 4.57 Å². The minimum absolute atomic E-state index is 0.319. The molecule has 0 aliphatic rings. The normalized spacial score (nSPS) is 10.9. The maximum atomic E-state index is 13.3. The highest BCUT2D eigenvalue weighted by Crippen LogP contribution is 2.32. The fraction of sp³-hybridized carbons (Fsp3) is 0.357. The molecule has 21 heavy (non-hydrogen) atoms. The maximum Gasteiger partial charge on any atom is 0.207 e. The van der Waals surface area contributed by atoms with E-state index in [1.54, 1.807) is 7.11 Å². The van der Waals surface area contributed by atoms with E-state index in [1.165, 1.54) is 12.1 Å². The van der Waals surface area contributed by atoms with Crippen LogP contribution in [0.3, 0.4) is 0 Å². The first kappa shape index (κ1) is 16.3. The number of hydrogen-bond donors (Lipinski definition) is 1. The lowest BCUT2D eigenvalue weighted by Crippen LogP contribution is -2.10. The first-order valence-electron chi connectivity index (χ1n) is 6.46. The van der Waals surface area contributed by atoms with Crippen molar-refractivity contribution in [1.82, 2.24) is 9.55 Å². The molecule has 0 saturated heterocycles. The fourth-order valence-corrected chi connectivity index (χ4v) is 3.01. The van der Waals surface area contributed by atoms with E-state index in [0.29, 0.717) is 27.7 Å². The molecule has 0 unspecified atom stereocenters. The number of rotatable bonds is 6. The van der Waals surface area contributed by atoms with Crippen LogP contribution >= 0.6 is 27.5 Å². The predicted molar refractivity (Wildman–Crippen MR) is 86.0 cm³/mol. The van der Waals surface area contributed by atoms with Crippen LogP contribution in [0.4, 0.5) is 10.3 Å². The molecule has 4 nitrogen and oxygen atoms in total. The number of imidazole rings is 1. The summed E-state index contributed by atoms with van der Waals surface area (Å²) in [5.41, 5.74) is 1.50. The lowest BCUT2D eigenvalue weighted by atomic mass is 10.3. The van der Waals surface area contributed by atoms with Gasteiger partial charge in [-0.05, 0) is 41.4 Å². The Morgan fingerprint density at radius 2 is 2.24 bits per heavy atom. The average molecular weight is 377 g/mol. The number of methoxy groups -OCH3 is 1. The van der Waals surface area contributed by atoms with Gasteiger partial charge < -0.3 is 10.1 Å². The van der Waals surface area contributed by atoms with Gasteiger partial charge in [0.2, 0.25) is 5.95 Å². The Morgan fingerprint density at radius 1 is 1.48 bits per heavy atom. The number of nitrogens with one attached hydrogen (secondary N) is 1. The number of benzene rings is 1. The van der Waals surface area contributed by atoms with Crippen LogP contribution in [0.1, 0.15) is 12.1 Å². The summed E-state index contributed by atoms with van der Waals surface area (Å²) >= 11 is 9.52. The van der Waals surface area contributed by atoms with Crippen molar-refractivity contribution in [2.45, 2.75) is 13.3 Å². The number of aromatic nitrogens is 2. The summed E-state index contributed by atoms with van der Waals surface area (Å²) in [4.78, 5) is 4.43. The van der Waals surface area contributed by atoms with Gasteiger partial charge in [0.15, 0.2) is 0 Å². The summed E-state index contributed by atoms with van der Waals surface area (Å²) in [5, 5.41) is 3.55. The molecule has 0 saturated carbocycles. The highest BCUT2D eigenvalue weighted by Gasteiger charge is 2.14. The number of hydrogen-bond acceptors (Lipinski definition) is 3. The molecule has 0 radical (unpaired) electrons. The number of anilines is 1. The zero-order valence-corrected chi connectivity index (χ0v) is 14.1. The van der Waals surface area contributed by atoms with Gasteiger partial charge >= 0.3 is 0 Å². The lowest BCUT2D eigenvalue weighted by Gasteiger charge is -2.13. The second kappa shape index (κ2) is 7.24. The highest BCUT2D eigenvalue weighted by molar-refractivity contribution is 9.10. The van der Waals surface area contributed by atoms with Gasteiger partial charge in [0.25, 0.3) is 0 Å². The highest BCUT2D eigenvalue weighted by atomic mass is 79.9.